The fourth-order valence-corrected chi connectivity index (χ4v) is 9.27. The van der Waals surface area contributed by atoms with Crippen molar-refractivity contribution < 1.29 is 23.8 Å². The van der Waals surface area contributed by atoms with Crippen LogP contribution in [0.4, 0.5) is 0 Å². The van der Waals surface area contributed by atoms with Gasteiger partial charge in [-0.2, -0.15) is 0 Å². The molecule has 0 N–H and O–H groups in total. The van der Waals surface area contributed by atoms with Crippen molar-refractivity contribution in [1.82, 2.24) is 0 Å². The predicted octanol–water partition coefficient (Wildman–Crippen LogP) is 20.6. The molecule has 5 nitrogen and oxygen atoms in total. The monoisotopic (exact) mass is 931 g/mol. The van der Waals surface area contributed by atoms with Gasteiger partial charge in [0, 0.05) is 19.4 Å². The first-order chi connectivity index (χ1) is 32.6. The minimum Gasteiger partial charge on any atom is -0.462 e. The third-order valence-electron chi connectivity index (χ3n) is 13.8. The highest BCUT2D eigenvalue weighted by atomic mass is 16.6. The second-order valence-electron chi connectivity index (χ2n) is 20.6. The van der Waals surface area contributed by atoms with Crippen LogP contribution in [0.1, 0.15) is 342 Å². The Morgan fingerprint density at radius 2 is 0.591 bits per heavy atom. The topological polar surface area (TPSA) is 61.8 Å². The minimum atomic E-state index is -0.532. The Morgan fingerprint density at radius 3 is 0.924 bits per heavy atom. The van der Waals surface area contributed by atoms with Gasteiger partial charge in [0.2, 0.25) is 0 Å². The highest BCUT2D eigenvalue weighted by Crippen LogP contribution is 2.17. The average molecular weight is 932 g/mol. The largest absolute Gasteiger partial charge is 0.462 e. The molecule has 0 aliphatic carbocycles. The Labute approximate surface area is 414 Å². The summed E-state index contributed by atoms with van der Waals surface area (Å²) in [7, 11) is 0. The van der Waals surface area contributed by atoms with E-state index in [1.807, 2.05) is 0 Å². The van der Waals surface area contributed by atoms with Crippen LogP contribution in [0.5, 0.6) is 0 Å². The Kier molecular flexibility index (Phi) is 56.8. The van der Waals surface area contributed by atoms with E-state index >= 15 is 0 Å². The van der Waals surface area contributed by atoms with E-state index in [1.54, 1.807) is 0 Å². The van der Waals surface area contributed by atoms with E-state index in [9.17, 15) is 9.59 Å². The number of rotatable bonds is 57. The Bertz CT molecular complexity index is 963. The van der Waals surface area contributed by atoms with E-state index < -0.39 is 6.10 Å². The summed E-state index contributed by atoms with van der Waals surface area (Å²) in [4.78, 5) is 25.5. The molecule has 0 bridgehead atoms. The van der Waals surface area contributed by atoms with Crippen LogP contribution < -0.4 is 0 Å². The first-order valence-corrected chi connectivity index (χ1v) is 30.2. The Balaban J connectivity index is 4.19. The normalized spacial score (nSPS) is 12.1. The van der Waals surface area contributed by atoms with Crippen molar-refractivity contribution in [3.8, 4) is 0 Å². The quantitative estimate of drug-likeness (QED) is 0.0345. The molecule has 0 aromatic rings. The number of unbranched alkanes of at least 4 members (excludes halogenated alkanes) is 44. The van der Waals surface area contributed by atoms with Crippen LogP contribution in [0.3, 0.4) is 0 Å². The SMILES string of the molecule is CCCCCCCC/C=C\CCCCCCCC(=O)O[C@H](COCCCCCCCCCCCCCCCCCC)COC(=O)CCCCCCCCCCCCCCCCCCCCC. The average Bonchev–Trinajstić information content (AvgIpc) is 3.32. The standard InChI is InChI=1S/C61H118O5/c1-4-7-10-13-16-19-22-25-28-30-31-32-34-36-39-42-45-48-51-54-60(62)65-58-59(57-64-56-53-50-47-44-41-38-35-29-26-23-20-17-14-11-8-5-2)66-61(63)55-52-49-46-43-40-37-33-27-24-21-18-15-12-9-6-3/h27,33,59H,4-26,28-32,34-58H2,1-3H3/b33-27-/t59-/m1/s1. The number of hydrogen-bond donors (Lipinski definition) is 0. The third kappa shape index (κ3) is 55.2. The number of carbonyl (C=O) groups is 2. The molecule has 0 unspecified atom stereocenters. The van der Waals surface area contributed by atoms with E-state index in [0.717, 1.165) is 44.9 Å². The van der Waals surface area contributed by atoms with E-state index in [4.69, 9.17) is 14.2 Å². The number of hydrogen-bond acceptors (Lipinski definition) is 5. The number of esters is 2. The maximum absolute atomic E-state index is 12.9. The van der Waals surface area contributed by atoms with Crippen molar-refractivity contribution >= 4 is 11.9 Å². The highest BCUT2D eigenvalue weighted by Gasteiger charge is 2.17. The van der Waals surface area contributed by atoms with Crippen LogP contribution >= 0.6 is 0 Å². The summed E-state index contributed by atoms with van der Waals surface area (Å²) >= 11 is 0. The van der Waals surface area contributed by atoms with Gasteiger partial charge in [-0.1, -0.05) is 296 Å². The molecule has 0 aromatic heterocycles. The van der Waals surface area contributed by atoms with Crippen LogP contribution in [-0.4, -0.2) is 37.9 Å². The number of carbonyl (C=O) groups excluding carboxylic acids is 2. The fraction of sp³-hybridized carbons (Fsp3) is 0.934. The molecule has 0 aliphatic rings. The highest BCUT2D eigenvalue weighted by molar-refractivity contribution is 5.70. The molecule has 0 rings (SSSR count). The molecule has 0 saturated heterocycles. The summed E-state index contributed by atoms with van der Waals surface area (Å²) in [6, 6.07) is 0. The molecular formula is C61H118O5. The molecule has 392 valence electrons. The van der Waals surface area contributed by atoms with Crippen LogP contribution in [0.15, 0.2) is 12.2 Å². The van der Waals surface area contributed by atoms with Gasteiger partial charge in [-0.25, -0.2) is 0 Å². The molecule has 0 saturated carbocycles. The van der Waals surface area contributed by atoms with Gasteiger partial charge >= 0.3 is 11.9 Å². The number of ether oxygens (including phenoxy) is 3. The first-order valence-electron chi connectivity index (χ1n) is 30.2. The lowest BCUT2D eigenvalue weighted by Crippen LogP contribution is -2.30. The second-order valence-corrected chi connectivity index (χ2v) is 20.6. The summed E-state index contributed by atoms with van der Waals surface area (Å²) in [6.45, 7) is 7.91. The van der Waals surface area contributed by atoms with Crippen molar-refractivity contribution in [1.29, 1.82) is 0 Å². The molecule has 0 fully saturated rings. The molecule has 0 spiro atoms. The smallest absolute Gasteiger partial charge is 0.306 e. The van der Waals surface area contributed by atoms with E-state index in [-0.39, 0.29) is 18.5 Å². The van der Waals surface area contributed by atoms with Gasteiger partial charge in [-0.3, -0.25) is 9.59 Å². The summed E-state index contributed by atoms with van der Waals surface area (Å²) in [5, 5.41) is 0. The molecule has 0 amide bonds. The lowest BCUT2D eigenvalue weighted by molar-refractivity contribution is -0.163. The van der Waals surface area contributed by atoms with Gasteiger partial charge in [-0.15, -0.1) is 0 Å². The maximum atomic E-state index is 12.9. The van der Waals surface area contributed by atoms with Crippen LogP contribution in [0, 0.1) is 0 Å². The van der Waals surface area contributed by atoms with Gasteiger partial charge in [0.15, 0.2) is 6.10 Å². The maximum Gasteiger partial charge on any atom is 0.306 e. The summed E-state index contributed by atoms with van der Waals surface area (Å²) in [5.41, 5.74) is 0. The zero-order valence-corrected chi connectivity index (χ0v) is 45.2. The lowest BCUT2D eigenvalue weighted by Gasteiger charge is -2.18. The van der Waals surface area contributed by atoms with E-state index in [2.05, 4.69) is 32.9 Å². The van der Waals surface area contributed by atoms with Gasteiger partial charge in [0.25, 0.3) is 0 Å². The molecule has 0 heterocycles. The predicted molar refractivity (Wildman–Crippen MR) is 289 cm³/mol. The van der Waals surface area contributed by atoms with Crippen LogP contribution in [-0.2, 0) is 23.8 Å². The van der Waals surface area contributed by atoms with Gasteiger partial charge in [0.05, 0.1) is 6.61 Å². The van der Waals surface area contributed by atoms with E-state index in [0.29, 0.717) is 26.1 Å². The summed E-state index contributed by atoms with van der Waals surface area (Å²) < 4.78 is 17.5. The first kappa shape index (κ1) is 64.6. The molecule has 66 heavy (non-hydrogen) atoms. The van der Waals surface area contributed by atoms with Crippen molar-refractivity contribution in [2.24, 2.45) is 0 Å². The van der Waals surface area contributed by atoms with Crippen molar-refractivity contribution in [3.63, 3.8) is 0 Å². The van der Waals surface area contributed by atoms with Gasteiger partial charge < -0.3 is 14.2 Å². The Morgan fingerprint density at radius 1 is 0.318 bits per heavy atom. The van der Waals surface area contributed by atoms with Crippen molar-refractivity contribution in [2.45, 2.75) is 348 Å². The Hall–Kier alpha value is -1.36. The summed E-state index contributed by atoms with van der Waals surface area (Å²) in [6.07, 6.45) is 68.1. The van der Waals surface area contributed by atoms with Crippen molar-refractivity contribution in [3.05, 3.63) is 12.2 Å². The minimum absolute atomic E-state index is 0.0923. The number of allylic oxidation sites excluding steroid dienone is 2. The van der Waals surface area contributed by atoms with Gasteiger partial charge in [-0.05, 0) is 44.9 Å². The molecular weight excluding hydrogens is 813 g/mol. The molecule has 5 heteroatoms. The van der Waals surface area contributed by atoms with Crippen LogP contribution in [0.2, 0.25) is 0 Å². The second kappa shape index (κ2) is 58.0. The molecule has 0 aromatic carbocycles. The molecule has 0 radical (unpaired) electrons. The fourth-order valence-electron chi connectivity index (χ4n) is 9.27. The van der Waals surface area contributed by atoms with Gasteiger partial charge in [0.1, 0.15) is 6.61 Å². The zero-order chi connectivity index (χ0) is 47.7. The summed E-state index contributed by atoms with van der Waals surface area (Å²) in [5.74, 6) is -0.378. The third-order valence-corrected chi connectivity index (χ3v) is 13.8. The molecule has 0 aliphatic heterocycles. The molecule has 1 atom stereocenters. The van der Waals surface area contributed by atoms with Crippen LogP contribution in [0.25, 0.3) is 0 Å². The zero-order valence-electron chi connectivity index (χ0n) is 45.2. The lowest BCUT2D eigenvalue weighted by atomic mass is 10.0. The van der Waals surface area contributed by atoms with Crippen molar-refractivity contribution in [2.75, 3.05) is 19.8 Å². The van der Waals surface area contributed by atoms with E-state index in [1.165, 1.54) is 263 Å².